The van der Waals surface area contributed by atoms with E-state index in [0.29, 0.717) is 30.2 Å². The van der Waals surface area contributed by atoms with Crippen molar-refractivity contribution in [2.24, 2.45) is 0 Å². The molecule has 0 spiro atoms. The highest BCUT2D eigenvalue weighted by atomic mass is 19.1. The maximum atomic E-state index is 13.0. The molecule has 4 rings (SSSR count). The molecule has 0 saturated carbocycles. The van der Waals surface area contributed by atoms with Gasteiger partial charge in [-0.1, -0.05) is 23.4 Å². The van der Waals surface area contributed by atoms with Crippen molar-refractivity contribution in [3.05, 3.63) is 65.7 Å². The summed E-state index contributed by atoms with van der Waals surface area (Å²) in [6.45, 7) is 2.50. The molecule has 0 bridgehead atoms. The van der Waals surface area contributed by atoms with Gasteiger partial charge >= 0.3 is 0 Å². The first-order chi connectivity index (χ1) is 12.1. The van der Waals surface area contributed by atoms with E-state index in [0.717, 1.165) is 11.3 Å². The Bertz CT molecular complexity index is 920. The zero-order valence-corrected chi connectivity index (χ0v) is 13.6. The molecule has 1 atom stereocenters. The van der Waals surface area contributed by atoms with Crippen LogP contribution in [0.15, 0.2) is 53.1 Å². The summed E-state index contributed by atoms with van der Waals surface area (Å²) in [4.78, 5) is 18.6. The van der Waals surface area contributed by atoms with E-state index in [2.05, 4.69) is 10.1 Å². The lowest BCUT2D eigenvalue weighted by atomic mass is 10.1. The Labute approximate surface area is 144 Å². The van der Waals surface area contributed by atoms with Crippen molar-refractivity contribution in [2.75, 3.05) is 11.4 Å². The van der Waals surface area contributed by atoms with Crippen LogP contribution in [0.3, 0.4) is 0 Å². The highest BCUT2D eigenvalue weighted by Crippen LogP contribution is 2.32. The molecule has 25 heavy (non-hydrogen) atoms. The number of anilines is 1. The number of rotatable bonds is 3. The predicted octanol–water partition coefficient (Wildman–Crippen LogP) is 3.70. The lowest BCUT2D eigenvalue weighted by molar-refractivity contribution is -0.117. The third-order valence-electron chi connectivity index (χ3n) is 4.43. The van der Waals surface area contributed by atoms with Gasteiger partial charge in [-0.05, 0) is 42.8 Å². The highest BCUT2D eigenvalue weighted by molar-refractivity contribution is 5.97. The Morgan fingerprint density at radius 3 is 2.68 bits per heavy atom. The van der Waals surface area contributed by atoms with E-state index in [1.165, 1.54) is 12.1 Å². The average molecular weight is 337 g/mol. The van der Waals surface area contributed by atoms with Crippen molar-refractivity contribution in [3.8, 4) is 11.5 Å². The van der Waals surface area contributed by atoms with Gasteiger partial charge in [-0.25, -0.2) is 4.39 Å². The smallest absolute Gasteiger partial charge is 0.257 e. The Balaban J connectivity index is 1.57. The second kappa shape index (κ2) is 6.12. The molecule has 1 fully saturated rings. The second-order valence-electron chi connectivity index (χ2n) is 6.16. The molecule has 5 nitrogen and oxygen atoms in total. The molecule has 1 saturated heterocycles. The summed E-state index contributed by atoms with van der Waals surface area (Å²) < 4.78 is 18.3. The van der Waals surface area contributed by atoms with Gasteiger partial charge in [0.15, 0.2) is 5.82 Å². The number of hydrogen-bond acceptors (Lipinski definition) is 4. The van der Waals surface area contributed by atoms with Gasteiger partial charge in [0, 0.05) is 30.1 Å². The van der Waals surface area contributed by atoms with Gasteiger partial charge in [-0.15, -0.1) is 0 Å². The summed E-state index contributed by atoms with van der Waals surface area (Å²) in [7, 11) is 0. The molecule has 1 aliphatic heterocycles. The van der Waals surface area contributed by atoms with Crippen molar-refractivity contribution in [2.45, 2.75) is 19.3 Å². The summed E-state index contributed by atoms with van der Waals surface area (Å²) in [5, 5.41) is 4.02. The highest BCUT2D eigenvalue weighted by Gasteiger charge is 2.35. The van der Waals surface area contributed by atoms with E-state index in [4.69, 9.17) is 4.52 Å². The number of benzene rings is 2. The largest absolute Gasteiger partial charge is 0.334 e. The topological polar surface area (TPSA) is 59.2 Å². The van der Waals surface area contributed by atoms with Crippen LogP contribution in [0.4, 0.5) is 10.1 Å². The van der Waals surface area contributed by atoms with Gasteiger partial charge in [0.25, 0.3) is 5.89 Å². The summed E-state index contributed by atoms with van der Waals surface area (Å²) in [6.07, 6.45) is 0.344. The maximum Gasteiger partial charge on any atom is 0.257 e. The van der Waals surface area contributed by atoms with Gasteiger partial charge in [0.1, 0.15) is 5.82 Å². The zero-order valence-electron chi connectivity index (χ0n) is 13.6. The number of hydrogen-bond donors (Lipinski definition) is 0. The first-order valence-corrected chi connectivity index (χ1v) is 8.07. The summed E-state index contributed by atoms with van der Waals surface area (Å²) in [6, 6.07) is 13.7. The van der Waals surface area contributed by atoms with E-state index in [9.17, 15) is 9.18 Å². The molecular formula is C19H16FN3O2. The lowest BCUT2D eigenvalue weighted by Crippen LogP contribution is -2.25. The number of aryl methyl sites for hydroxylation is 1. The number of nitrogens with zero attached hydrogens (tertiary/aromatic N) is 3. The molecular weight excluding hydrogens is 321 g/mol. The fourth-order valence-electron chi connectivity index (χ4n) is 3.09. The quantitative estimate of drug-likeness (QED) is 0.731. The molecule has 6 heteroatoms. The fraction of sp³-hybridized carbons (Fsp3) is 0.211. The second-order valence-corrected chi connectivity index (χ2v) is 6.16. The van der Waals surface area contributed by atoms with Crippen molar-refractivity contribution in [3.63, 3.8) is 0 Å². The monoisotopic (exact) mass is 337 g/mol. The first kappa shape index (κ1) is 15.5. The molecule has 2 heterocycles. The SMILES string of the molecule is Cc1ccccc1N1CC(c2noc(-c3ccc(F)cc3)n2)CC1=O. The molecule has 2 aromatic carbocycles. The molecule has 0 N–H and O–H groups in total. The van der Waals surface area contributed by atoms with Crippen LogP contribution in [0.2, 0.25) is 0 Å². The number of aromatic nitrogens is 2. The van der Waals surface area contributed by atoms with Gasteiger partial charge in [0.2, 0.25) is 5.91 Å². The van der Waals surface area contributed by atoms with Crippen LogP contribution in [0.25, 0.3) is 11.5 Å². The fourth-order valence-corrected chi connectivity index (χ4v) is 3.09. The number of para-hydroxylation sites is 1. The number of carbonyl (C=O) groups excluding carboxylic acids is 1. The Morgan fingerprint density at radius 1 is 1.16 bits per heavy atom. The number of halogens is 1. The first-order valence-electron chi connectivity index (χ1n) is 8.07. The van der Waals surface area contributed by atoms with E-state index >= 15 is 0 Å². The molecule has 1 amide bonds. The summed E-state index contributed by atoms with van der Waals surface area (Å²) in [5.74, 6) is 0.441. The van der Waals surface area contributed by atoms with Gasteiger partial charge < -0.3 is 9.42 Å². The van der Waals surface area contributed by atoms with Crippen LogP contribution >= 0.6 is 0 Å². The van der Waals surface area contributed by atoms with E-state index in [1.54, 1.807) is 17.0 Å². The third kappa shape index (κ3) is 2.91. The lowest BCUT2D eigenvalue weighted by Gasteiger charge is -2.18. The van der Waals surface area contributed by atoms with Crippen LogP contribution in [-0.4, -0.2) is 22.6 Å². The van der Waals surface area contributed by atoms with Gasteiger partial charge in [0.05, 0.1) is 0 Å². The minimum atomic E-state index is -0.321. The molecule has 1 aromatic heterocycles. The molecule has 1 aliphatic rings. The normalized spacial score (nSPS) is 17.3. The van der Waals surface area contributed by atoms with Crippen LogP contribution in [0, 0.1) is 12.7 Å². The molecule has 126 valence electrons. The number of carbonyl (C=O) groups is 1. The van der Waals surface area contributed by atoms with Crippen molar-refractivity contribution < 1.29 is 13.7 Å². The zero-order chi connectivity index (χ0) is 17.4. The van der Waals surface area contributed by atoms with E-state index in [-0.39, 0.29) is 17.6 Å². The van der Waals surface area contributed by atoms with E-state index < -0.39 is 0 Å². The Morgan fingerprint density at radius 2 is 1.92 bits per heavy atom. The average Bonchev–Trinajstić information content (AvgIpc) is 3.23. The molecule has 0 aliphatic carbocycles. The van der Waals surface area contributed by atoms with Crippen LogP contribution in [0.5, 0.6) is 0 Å². The van der Waals surface area contributed by atoms with Crippen molar-refractivity contribution >= 4 is 11.6 Å². The molecule has 0 radical (unpaired) electrons. The minimum absolute atomic E-state index is 0.0485. The third-order valence-corrected chi connectivity index (χ3v) is 4.43. The van der Waals surface area contributed by atoms with Gasteiger partial charge in [-0.3, -0.25) is 4.79 Å². The summed E-state index contributed by atoms with van der Waals surface area (Å²) >= 11 is 0. The Hall–Kier alpha value is -3.02. The van der Waals surface area contributed by atoms with Gasteiger partial charge in [-0.2, -0.15) is 4.98 Å². The predicted molar refractivity (Wildman–Crippen MR) is 90.6 cm³/mol. The summed E-state index contributed by atoms with van der Waals surface area (Å²) in [5.41, 5.74) is 2.62. The molecule has 3 aromatic rings. The minimum Gasteiger partial charge on any atom is -0.334 e. The Kier molecular flexibility index (Phi) is 3.80. The van der Waals surface area contributed by atoms with Crippen LogP contribution in [-0.2, 0) is 4.79 Å². The van der Waals surface area contributed by atoms with Crippen LogP contribution in [0.1, 0.15) is 23.7 Å². The molecule has 1 unspecified atom stereocenters. The standard InChI is InChI=1S/C19H16FN3O2/c1-12-4-2-3-5-16(12)23-11-14(10-17(23)24)18-21-19(25-22-18)13-6-8-15(20)9-7-13/h2-9,14H,10-11H2,1H3. The van der Waals surface area contributed by atoms with Crippen molar-refractivity contribution in [1.29, 1.82) is 0 Å². The van der Waals surface area contributed by atoms with Crippen LogP contribution < -0.4 is 4.90 Å². The number of amides is 1. The maximum absolute atomic E-state index is 13.0. The van der Waals surface area contributed by atoms with E-state index in [1.807, 2.05) is 31.2 Å². The van der Waals surface area contributed by atoms with Crippen molar-refractivity contribution in [1.82, 2.24) is 10.1 Å².